The number of anilines is 1. The number of carbonyl (C=O) groups excluding carboxylic acids is 1. The number of hydrogen-bond donors (Lipinski definition) is 1. The molecule has 4 aromatic carbocycles. The lowest BCUT2D eigenvalue weighted by molar-refractivity contribution is -0.116. The van der Waals surface area contributed by atoms with Gasteiger partial charge in [0.15, 0.2) is 4.91 Å². The van der Waals surface area contributed by atoms with Crippen LogP contribution in [0.5, 0.6) is 0 Å². The SMILES string of the molecule is CC(CNC(=O)C1=C(c2ccccc2)c2cc(Cl)ccc2N(Cc2ccccc2)S1(=O)=O)c1ccccc1. The molecule has 1 aliphatic heterocycles. The predicted molar refractivity (Wildman–Crippen MR) is 153 cm³/mol. The van der Waals surface area contributed by atoms with Crippen LogP contribution in [0, 0.1) is 0 Å². The lowest BCUT2D eigenvalue weighted by Gasteiger charge is -2.34. The number of benzene rings is 4. The second-order valence-corrected chi connectivity index (χ2v) is 11.5. The lowest BCUT2D eigenvalue weighted by Crippen LogP contribution is -2.41. The number of carbonyl (C=O) groups is 1. The van der Waals surface area contributed by atoms with E-state index in [0.29, 0.717) is 27.4 Å². The molecule has 0 radical (unpaired) electrons. The van der Waals surface area contributed by atoms with E-state index in [-0.39, 0.29) is 23.9 Å². The maximum absolute atomic E-state index is 14.3. The first-order chi connectivity index (χ1) is 18.4. The second-order valence-electron chi connectivity index (χ2n) is 9.25. The quantitative estimate of drug-likeness (QED) is 0.295. The molecule has 4 aromatic rings. The van der Waals surface area contributed by atoms with Crippen molar-refractivity contribution in [2.75, 3.05) is 10.8 Å². The van der Waals surface area contributed by atoms with Gasteiger partial charge in [-0.2, -0.15) is 0 Å². The molecule has 1 N–H and O–H groups in total. The predicted octanol–water partition coefficient (Wildman–Crippen LogP) is 6.37. The third kappa shape index (κ3) is 5.10. The van der Waals surface area contributed by atoms with Crippen LogP contribution in [-0.2, 0) is 21.4 Å². The smallest absolute Gasteiger partial charge is 0.270 e. The molecule has 0 aliphatic carbocycles. The molecule has 0 fully saturated rings. The summed E-state index contributed by atoms with van der Waals surface area (Å²) < 4.78 is 29.9. The van der Waals surface area contributed by atoms with Crippen molar-refractivity contribution >= 4 is 38.8 Å². The van der Waals surface area contributed by atoms with Crippen molar-refractivity contribution in [2.45, 2.75) is 19.4 Å². The maximum atomic E-state index is 14.3. The minimum Gasteiger partial charge on any atom is -0.351 e. The van der Waals surface area contributed by atoms with E-state index in [4.69, 9.17) is 11.6 Å². The fourth-order valence-electron chi connectivity index (χ4n) is 4.68. The van der Waals surface area contributed by atoms with Gasteiger partial charge in [-0.05, 0) is 40.8 Å². The van der Waals surface area contributed by atoms with E-state index in [1.54, 1.807) is 18.2 Å². The number of rotatable bonds is 7. The molecule has 1 amide bonds. The van der Waals surface area contributed by atoms with Gasteiger partial charge >= 0.3 is 0 Å². The first-order valence-corrected chi connectivity index (χ1v) is 14.2. The van der Waals surface area contributed by atoms with Crippen molar-refractivity contribution in [3.63, 3.8) is 0 Å². The summed E-state index contributed by atoms with van der Waals surface area (Å²) in [7, 11) is -4.24. The van der Waals surface area contributed by atoms with Crippen LogP contribution >= 0.6 is 11.6 Å². The Bertz CT molecular complexity index is 1590. The van der Waals surface area contributed by atoms with E-state index in [1.807, 2.05) is 97.9 Å². The van der Waals surface area contributed by atoms with E-state index in [2.05, 4.69) is 5.32 Å². The Kier molecular flexibility index (Phi) is 7.36. The molecule has 0 spiro atoms. The molecule has 192 valence electrons. The summed E-state index contributed by atoms with van der Waals surface area (Å²) >= 11 is 6.42. The first kappa shape index (κ1) is 25.8. The van der Waals surface area contributed by atoms with Gasteiger partial charge in [-0.3, -0.25) is 9.10 Å². The monoisotopic (exact) mass is 542 g/mol. The van der Waals surface area contributed by atoms with Crippen molar-refractivity contribution < 1.29 is 13.2 Å². The van der Waals surface area contributed by atoms with E-state index in [1.165, 1.54) is 4.31 Å². The van der Waals surface area contributed by atoms with Crippen molar-refractivity contribution in [3.05, 3.63) is 141 Å². The van der Waals surface area contributed by atoms with Gasteiger partial charge in [0.05, 0.1) is 12.2 Å². The van der Waals surface area contributed by atoms with E-state index < -0.39 is 15.9 Å². The fraction of sp³-hybridized carbons (Fsp3) is 0.129. The van der Waals surface area contributed by atoms with Crippen LogP contribution in [0.25, 0.3) is 5.57 Å². The number of halogens is 1. The van der Waals surface area contributed by atoms with Gasteiger partial charge in [-0.25, -0.2) is 8.42 Å². The highest BCUT2D eigenvalue weighted by Gasteiger charge is 2.41. The van der Waals surface area contributed by atoms with E-state index in [9.17, 15) is 13.2 Å². The van der Waals surface area contributed by atoms with Gasteiger partial charge in [0.1, 0.15) is 0 Å². The average molecular weight is 543 g/mol. The highest BCUT2D eigenvalue weighted by Crippen LogP contribution is 2.44. The molecule has 1 unspecified atom stereocenters. The number of nitrogens with zero attached hydrogens (tertiary/aromatic N) is 1. The Morgan fingerprint density at radius 1 is 0.868 bits per heavy atom. The molecule has 1 atom stereocenters. The standard InChI is InChI=1S/C31H27ClN2O3S/c1-22(24-13-7-3-8-14-24)20-33-31(35)30-29(25-15-9-4-10-16-25)27-19-26(32)17-18-28(27)34(38(30,36)37)21-23-11-5-2-6-12-23/h2-19,22H,20-21H2,1H3,(H,33,35). The Labute approximate surface area is 228 Å². The zero-order valence-corrected chi connectivity index (χ0v) is 22.4. The lowest BCUT2D eigenvalue weighted by atomic mass is 9.95. The summed E-state index contributed by atoms with van der Waals surface area (Å²) in [6.45, 7) is 2.36. The van der Waals surface area contributed by atoms with Crippen molar-refractivity contribution in [1.29, 1.82) is 0 Å². The maximum Gasteiger partial charge on any atom is 0.270 e. The summed E-state index contributed by atoms with van der Waals surface area (Å²) in [6.07, 6.45) is 0. The van der Waals surface area contributed by atoms with E-state index in [0.717, 1.165) is 11.1 Å². The van der Waals surface area contributed by atoms with Crippen LogP contribution in [0.15, 0.2) is 114 Å². The molecule has 1 aliphatic rings. The summed E-state index contributed by atoms with van der Waals surface area (Å²) in [4.78, 5) is 13.5. The van der Waals surface area contributed by atoms with Gasteiger partial charge in [0, 0.05) is 22.7 Å². The number of nitrogens with one attached hydrogen (secondary N) is 1. The number of amides is 1. The Morgan fingerprint density at radius 3 is 2.13 bits per heavy atom. The van der Waals surface area contributed by atoms with Gasteiger partial charge < -0.3 is 5.32 Å². The molecule has 0 bridgehead atoms. The number of sulfonamides is 1. The summed E-state index contributed by atoms with van der Waals surface area (Å²) in [5, 5.41) is 3.35. The summed E-state index contributed by atoms with van der Waals surface area (Å²) in [6, 6.07) is 33.3. The van der Waals surface area contributed by atoms with Crippen molar-refractivity contribution in [3.8, 4) is 0 Å². The average Bonchev–Trinajstić information content (AvgIpc) is 2.94. The Balaban J connectivity index is 1.64. The largest absolute Gasteiger partial charge is 0.351 e. The molecule has 7 heteroatoms. The van der Waals surface area contributed by atoms with Crippen LogP contribution in [0.4, 0.5) is 5.69 Å². The minimum absolute atomic E-state index is 0.00521. The molecule has 5 nitrogen and oxygen atoms in total. The third-order valence-electron chi connectivity index (χ3n) is 6.65. The zero-order valence-electron chi connectivity index (χ0n) is 20.8. The molecule has 0 saturated carbocycles. The van der Waals surface area contributed by atoms with Gasteiger partial charge in [-0.15, -0.1) is 0 Å². The fourth-order valence-corrected chi connectivity index (χ4v) is 6.61. The highest BCUT2D eigenvalue weighted by atomic mass is 35.5. The van der Waals surface area contributed by atoms with E-state index >= 15 is 0 Å². The normalized spacial score (nSPS) is 15.1. The first-order valence-electron chi connectivity index (χ1n) is 12.4. The molecule has 0 aromatic heterocycles. The number of fused-ring (bicyclic) bond motifs is 1. The molecular weight excluding hydrogens is 516 g/mol. The van der Waals surface area contributed by atoms with Crippen LogP contribution in [0.2, 0.25) is 5.02 Å². The summed E-state index contributed by atoms with van der Waals surface area (Å²) in [5.74, 6) is -0.648. The van der Waals surface area contributed by atoms with Crippen LogP contribution in [-0.4, -0.2) is 20.9 Å². The molecular formula is C31H27ClN2O3S. The van der Waals surface area contributed by atoms with Gasteiger partial charge in [-0.1, -0.05) is 110 Å². The van der Waals surface area contributed by atoms with Gasteiger partial charge in [0.25, 0.3) is 15.9 Å². The summed E-state index contributed by atoms with van der Waals surface area (Å²) in [5.41, 5.74) is 3.90. The Hall–Kier alpha value is -3.87. The minimum atomic E-state index is -4.24. The van der Waals surface area contributed by atoms with Crippen LogP contribution in [0.1, 0.15) is 35.1 Å². The molecule has 5 rings (SSSR count). The highest BCUT2D eigenvalue weighted by molar-refractivity contribution is 7.97. The Morgan fingerprint density at radius 2 is 1.47 bits per heavy atom. The van der Waals surface area contributed by atoms with Crippen molar-refractivity contribution in [2.24, 2.45) is 0 Å². The van der Waals surface area contributed by atoms with Crippen LogP contribution < -0.4 is 9.62 Å². The molecule has 1 heterocycles. The second kappa shape index (κ2) is 10.9. The zero-order chi connectivity index (χ0) is 26.7. The number of hydrogen-bond acceptors (Lipinski definition) is 3. The van der Waals surface area contributed by atoms with Crippen molar-refractivity contribution in [1.82, 2.24) is 5.32 Å². The van der Waals surface area contributed by atoms with Gasteiger partial charge in [0.2, 0.25) is 0 Å². The molecule has 0 saturated heterocycles. The topological polar surface area (TPSA) is 66.5 Å². The van der Waals surface area contributed by atoms with Crippen LogP contribution in [0.3, 0.4) is 0 Å². The third-order valence-corrected chi connectivity index (χ3v) is 8.69. The molecule has 38 heavy (non-hydrogen) atoms.